The van der Waals surface area contributed by atoms with Crippen LogP contribution in [-0.4, -0.2) is 5.91 Å². The van der Waals surface area contributed by atoms with E-state index < -0.39 is 0 Å². The Morgan fingerprint density at radius 2 is 2.18 bits per heavy atom. The Hall–Kier alpha value is -0.950. The van der Waals surface area contributed by atoms with Crippen LogP contribution in [0, 0.1) is 15.6 Å². The molecule has 2 nitrogen and oxygen atoms in total. The van der Waals surface area contributed by atoms with Gasteiger partial charge >= 0.3 is 0 Å². The van der Waals surface area contributed by atoms with Gasteiger partial charge in [0.25, 0.3) is 5.91 Å². The lowest BCUT2D eigenvalue weighted by atomic mass is 10.2. The minimum atomic E-state index is -0.356. The standard InChI is InChI=1S/C12H9FINOS/c1-7-2-3-9(13)5-10(7)15-12(16)8-4-11(14)17-6-8/h2-6H,1H3,(H,15,16). The summed E-state index contributed by atoms with van der Waals surface area (Å²) in [5.74, 6) is -0.566. The number of aryl methyl sites for hydroxylation is 1. The minimum Gasteiger partial charge on any atom is -0.322 e. The molecule has 0 bridgehead atoms. The number of nitrogens with one attached hydrogen (secondary N) is 1. The van der Waals surface area contributed by atoms with E-state index in [4.69, 9.17) is 0 Å². The molecule has 1 heterocycles. The first-order valence-electron chi connectivity index (χ1n) is 4.88. The van der Waals surface area contributed by atoms with E-state index in [-0.39, 0.29) is 11.7 Å². The maximum Gasteiger partial charge on any atom is 0.256 e. The fourth-order valence-corrected chi connectivity index (χ4v) is 2.68. The quantitative estimate of drug-likeness (QED) is 0.804. The van der Waals surface area contributed by atoms with E-state index in [9.17, 15) is 9.18 Å². The average Bonchev–Trinajstić information content (AvgIpc) is 2.70. The van der Waals surface area contributed by atoms with Crippen molar-refractivity contribution >= 4 is 45.5 Å². The molecule has 2 aromatic rings. The minimum absolute atomic E-state index is 0.210. The number of halogens is 2. The molecule has 1 aromatic heterocycles. The Balaban J connectivity index is 2.21. The third-order valence-electron chi connectivity index (χ3n) is 2.28. The van der Waals surface area contributed by atoms with Crippen LogP contribution in [0.2, 0.25) is 0 Å². The highest BCUT2D eigenvalue weighted by Gasteiger charge is 2.10. The molecule has 0 aliphatic carbocycles. The molecule has 0 saturated heterocycles. The average molecular weight is 361 g/mol. The van der Waals surface area contributed by atoms with Crippen LogP contribution in [0.25, 0.3) is 0 Å². The highest BCUT2D eigenvalue weighted by Crippen LogP contribution is 2.20. The molecule has 0 fully saturated rings. The Morgan fingerprint density at radius 3 is 2.82 bits per heavy atom. The van der Waals surface area contributed by atoms with Gasteiger partial charge in [-0.15, -0.1) is 11.3 Å². The number of amides is 1. The van der Waals surface area contributed by atoms with Gasteiger partial charge in [0.15, 0.2) is 0 Å². The van der Waals surface area contributed by atoms with E-state index in [1.54, 1.807) is 17.5 Å². The molecule has 1 N–H and O–H groups in total. The number of thiophene rings is 1. The summed E-state index contributed by atoms with van der Waals surface area (Å²) in [6.07, 6.45) is 0. The Labute approximate surface area is 116 Å². The van der Waals surface area contributed by atoms with Crippen LogP contribution < -0.4 is 5.32 Å². The number of benzene rings is 1. The molecule has 0 saturated carbocycles. The van der Waals surface area contributed by atoms with E-state index >= 15 is 0 Å². The Bertz CT molecular complexity index is 567. The fraction of sp³-hybridized carbons (Fsp3) is 0.0833. The van der Waals surface area contributed by atoms with Gasteiger partial charge in [0, 0.05) is 11.1 Å². The monoisotopic (exact) mass is 361 g/mol. The van der Waals surface area contributed by atoms with Gasteiger partial charge in [0.1, 0.15) is 5.82 Å². The maximum atomic E-state index is 13.1. The lowest BCUT2D eigenvalue weighted by Gasteiger charge is -2.07. The van der Waals surface area contributed by atoms with Gasteiger partial charge in [0.05, 0.1) is 8.45 Å². The zero-order chi connectivity index (χ0) is 12.4. The number of rotatable bonds is 2. The smallest absolute Gasteiger partial charge is 0.256 e. The number of carbonyl (C=O) groups is 1. The third-order valence-corrected chi connectivity index (χ3v) is 4.07. The first-order chi connectivity index (χ1) is 8.06. The Morgan fingerprint density at radius 1 is 1.41 bits per heavy atom. The number of hydrogen-bond donors (Lipinski definition) is 1. The molecule has 0 aliphatic heterocycles. The zero-order valence-electron chi connectivity index (χ0n) is 8.96. The number of anilines is 1. The molecule has 0 atom stereocenters. The normalized spacial score (nSPS) is 10.3. The van der Waals surface area contributed by atoms with E-state index in [1.807, 2.05) is 6.92 Å². The van der Waals surface area contributed by atoms with Gasteiger partial charge in [-0.25, -0.2) is 4.39 Å². The summed E-state index contributed by atoms with van der Waals surface area (Å²) in [6, 6.07) is 6.14. The van der Waals surface area contributed by atoms with Crippen LogP contribution in [-0.2, 0) is 0 Å². The summed E-state index contributed by atoms with van der Waals surface area (Å²) in [6.45, 7) is 1.83. The lowest BCUT2D eigenvalue weighted by molar-refractivity contribution is 0.102. The molecule has 88 valence electrons. The summed E-state index contributed by atoms with van der Waals surface area (Å²) in [5, 5.41) is 4.49. The van der Waals surface area contributed by atoms with Crippen molar-refractivity contribution in [2.24, 2.45) is 0 Å². The first kappa shape index (κ1) is 12.5. The van der Waals surface area contributed by atoms with Crippen LogP contribution in [0.4, 0.5) is 10.1 Å². The third kappa shape index (κ3) is 3.04. The van der Waals surface area contributed by atoms with Crippen LogP contribution in [0.3, 0.4) is 0 Å². The van der Waals surface area contributed by atoms with Crippen LogP contribution in [0.15, 0.2) is 29.6 Å². The molecule has 2 rings (SSSR count). The van der Waals surface area contributed by atoms with Crippen molar-refractivity contribution in [1.29, 1.82) is 0 Å². The van der Waals surface area contributed by atoms with Gasteiger partial charge in [-0.2, -0.15) is 0 Å². The SMILES string of the molecule is Cc1ccc(F)cc1NC(=O)c1csc(I)c1. The van der Waals surface area contributed by atoms with Crippen molar-refractivity contribution in [2.45, 2.75) is 6.92 Å². The van der Waals surface area contributed by atoms with Crippen molar-refractivity contribution < 1.29 is 9.18 Å². The van der Waals surface area contributed by atoms with E-state index in [1.165, 1.54) is 23.5 Å². The van der Waals surface area contributed by atoms with Crippen LogP contribution in [0.5, 0.6) is 0 Å². The topological polar surface area (TPSA) is 29.1 Å². The predicted molar refractivity (Wildman–Crippen MR) is 76.1 cm³/mol. The second kappa shape index (κ2) is 5.14. The summed E-state index contributed by atoms with van der Waals surface area (Å²) in [4.78, 5) is 11.9. The highest BCUT2D eigenvalue weighted by molar-refractivity contribution is 14.1. The lowest BCUT2D eigenvalue weighted by Crippen LogP contribution is -2.11. The van der Waals surface area contributed by atoms with Crippen LogP contribution >= 0.6 is 33.9 Å². The molecule has 0 radical (unpaired) electrons. The summed E-state index contributed by atoms with van der Waals surface area (Å²) in [7, 11) is 0. The molecule has 0 spiro atoms. The highest BCUT2D eigenvalue weighted by atomic mass is 127. The largest absolute Gasteiger partial charge is 0.322 e. The van der Waals surface area contributed by atoms with Crippen molar-refractivity contribution in [2.75, 3.05) is 5.32 Å². The maximum absolute atomic E-state index is 13.1. The van der Waals surface area contributed by atoms with Gasteiger partial charge in [-0.1, -0.05) is 6.07 Å². The summed E-state index contributed by atoms with van der Waals surface area (Å²) >= 11 is 3.66. The molecule has 5 heteroatoms. The molecule has 1 aromatic carbocycles. The number of carbonyl (C=O) groups excluding carboxylic acids is 1. The van der Waals surface area contributed by atoms with Crippen molar-refractivity contribution in [3.63, 3.8) is 0 Å². The van der Waals surface area contributed by atoms with Crippen molar-refractivity contribution in [3.8, 4) is 0 Å². The second-order valence-electron chi connectivity index (χ2n) is 3.55. The van der Waals surface area contributed by atoms with Gasteiger partial charge < -0.3 is 5.32 Å². The number of hydrogen-bond acceptors (Lipinski definition) is 2. The first-order valence-corrected chi connectivity index (χ1v) is 6.83. The molecular formula is C12H9FINOS. The second-order valence-corrected chi connectivity index (χ2v) is 6.36. The van der Waals surface area contributed by atoms with E-state index in [2.05, 4.69) is 27.9 Å². The van der Waals surface area contributed by atoms with Gasteiger partial charge in [-0.3, -0.25) is 4.79 Å². The zero-order valence-corrected chi connectivity index (χ0v) is 11.9. The molecule has 17 heavy (non-hydrogen) atoms. The fourth-order valence-electron chi connectivity index (χ4n) is 1.35. The summed E-state index contributed by atoms with van der Waals surface area (Å²) < 4.78 is 14.1. The van der Waals surface area contributed by atoms with Gasteiger partial charge in [-0.05, 0) is 53.3 Å². The van der Waals surface area contributed by atoms with Crippen molar-refractivity contribution in [1.82, 2.24) is 0 Å². The predicted octanol–water partition coefficient (Wildman–Crippen LogP) is 4.05. The van der Waals surface area contributed by atoms with Crippen LogP contribution in [0.1, 0.15) is 15.9 Å². The molecule has 0 unspecified atom stereocenters. The Kier molecular flexibility index (Phi) is 3.78. The summed E-state index contributed by atoms with van der Waals surface area (Å²) in [5.41, 5.74) is 1.95. The molecule has 0 aliphatic rings. The molecular weight excluding hydrogens is 352 g/mol. The van der Waals surface area contributed by atoms with Gasteiger partial charge in [0.2, 0.25) is 0 Å². The van der Waals surface area contributed by atoms with E-state index in [0.717, 1.165) is 8.45 Å². The van der Waals surface area contributed by atoms with Crippen molar-refractivity contribution in [3.05, 3.63) is 49.5 Å². The van der Waals surface area contributed by atoms with E-state index in [0.29, 0.717) is 11.3 Å². The molecule has 1 amide bonds.